The normalized spacial score (nSPS) is 26.8. The van der Waals surface area contributed by atoms with E-state index in [0.29, 0.717) is 11.3 Å². The summed E-state index contributed by atoms with van der Waals surface area (Å²) >= 11 is 0. The average Bonchev–Trinajstić information content (AvgIpc) is 2.26. The first-order chi connectivity index (χ1) is 8.00. The largest absolute Gasteiger partial charge is 0.465 e. The maximum atomic E-state index is 11.7. The summed E-state index contributed by atoms with van der Waals surface area (Å²) in [6.45, 7) is 3.87. The van der Waals surface area contributed by atoms with Crippen molar-refractivity contribution in [3.8, 4) is 0 Å². The van der Waals surface area contributed by atoms with E-state index >= 15 is 0 Å². The number of aromatic amines is 1. The molecule has 0 fully saturated rings. The van der Waals surface area contributed by atoms with Crippen LogP contribution in [0.15, 0.2) is 17.1 Å². The molecule has 1 aromatic rings. The highest BCUT2D eigenvalue weighted by atomic mass is 16.4. The number of anilines is 1. The van der Waals surface area contributed by atoms with Gasteiger partial charge < -0.3 is 20.7 Å². The minimum Gasteiger partial charge on any atom is -0.465 e. The fourth-order valence-corrected chi connectivity index (χ4v) is 2.18. The van der Waals surface area contributed by atoms with Gasteiger partial charge in [-0.25, -0.2) is 4.79 Å². The van der Waals surface area contributed by atoms with Crippen molar-refractivity contribution in [2.75, 3.05) is 5.32 Å². The van der Waals surface area contributed by atoms with Crippen LogP contribution in [0.1, 0.15) is 25.5 Å². The summed E-state index contributed by atoms with van der Waals surface area (Å²) in [6, 6.07) is 1.40. The van der Waals surface area contributed by atoms with Gasteiger partial charge in [-0.1, -0.05) is 6.92 Å². The summed E-state index contributed by atoms with van der Waals surface area (Å²) in [5, 5.41) is 14.4. The van der Waals surface area contributed by atoms with Gasteiger partial charge >= 0.3 is 6.09 Å². The number of carbonyl (C=O) groups is 1. The minimum absolute atomic E-state index is 0.0304. The number of pyridine rings is 1. The molecule has 0 saturated carbocycles. The van der Waals surface area contributed by atoms with Gasteiger partial charge in [-0.2, -0.15) is 0 Å². The summed E-state index contributed by atoms with van der Waals surface area (Å²) in [5.74, 6) is 0.0698. The third kappa shape index (κ3) is 1.98. The number of H-pyrrole nitrogens is 1. The molecule has 0 saturated heterocycles. The molecule has 1 amide bonds. The van der Waals surface area contributed by atoms with Gasteiger partial charge in [0.05, 0.1) is 6.04 Å². The monoisotopic (exact) mass is 237 g/mol. The molecule has 0 bridgehead atoms. The Hall–Kier alpha value is -1.98. The Morgan fingerprint density at radius 1 is 1.47 bits per heavy atom. The van der Waals surface area contributed by atoms with Crippen LogP contribution in [0.4, 0.5) is 10.5 Å². The molecule has 4 N–H and O–H groups in total. The Kier molecular flexibility index (Phi) is 2.79. The predicted molar refractivity (Wildman–Crippen MR) is 63.2 cm³/mol. The van der Waals surface area contributed by atoms with Crippen molar-refractivity contribution < 1.29 is 9.90 Å². The van der Waals surface area contributed by atoms with Crippen molar-refractivity contribution in [1.82, 2.24) is 10.3 Å². The van der Waals surface area contributed by atoms with E-state index in [0.717, 1.165) is 0 Å². The zero-order chi connectivity index (χ0) is 12.6. The highest BCUT2D eigenvalue weighted by molar-refractivity contribution is 5.67. The fourth-order valence-electron chi connectivity index (χ4n) is 2.18. The van der Waals surface area contributed by atoms with E-state index in [2.05, 4.69) is 15.6 Å². The van der Waals surface area contributed by atoms with Crippen LogP contribution >= 0.6 is 0 Å². The lowest BCUT2D eigenvalue weighted by Gasteiger charge is -2.36. The van der Waals surface area contributed by atoms with Crippen LogP contribution in [-0.2, 0) is 0 Å². The third-order valence-electron chi connectivity index (χ3n) is 3.29. The van der Waals surface area contributed by atoms with Crippen molar-refractivity contribution in [2.45, 2.75) is 25.9 Å². The second kappa shape index (κ2) is 4.12. The maximum absolute atomic E-state index is 11.7. The molecular formula is C11H15N3O3. The Morgan fingerprint density at radius 2 is 2.18 bits per heavy atom. The molecular weight excluding hydrogens is 222 g/mol. The molecule has 0 radical (unpaired) electrons. The van der Waals surface area contributed by atoms with Gasteiger partial charge in [0, 0.05) is 23.7 Å². The number of hydrogen-bond donors (Lipinski definition) is 4. The Balaban J connectivity index is 2.49. The number of hydrogen-bond acceptors (Lipinski definition) is 3. The lowest BCUT2D eigenvalue weighted by molar-refractivity contribution is 0.183. The van der Waals surface area contributed by atoms with Gasteiger partial charge in [-0.3, -0.25) is 4.79 Å². The Bertz CT molecular complexity index is 497. The van der Waals surface area contributed by atoms with Crippen LogP contribution in [0.25, 0.3) is 0 Å². The molecule has 3 atom stereocenters. The number of amides is 1. The van der Waals surface area contributed by atoms with E-state index in [1.54, 1.807) is 6.07 Å². The summed E-state index contributed by atoms with van der Waals surface area (Å²) < 4.78 is 0. The van der Waals surface area contributed by atoms with Crippen molar-refractivity contribution in [3.05, 3.63) is 28.2 Å². The molecule has 2 rings (SSSR count). The van der Waals surface area contributed by atoms with Crippen molar-refractivity contribution >= 4 is 11.8 Å². The van der Waals surface area contributed by atoms with Crippen LogP contribution in [0.5, 0.6) is 0 Å². The standard InChI is InChI=1S/C11H15N3O3/c1-5-6(2)13-9-7(3-4-12-10(9)15)8(5)14-11(16)17/h3-6,8,13-14H,1-2H3,(H,12,15)(H,16,17)/t5-,6+,8-/m1/s1. The minimum atomic E-state index is -1.08. The molecule has 6 heteroatoms. The lowest BCUT2D eigenvalue weighted by atomic mass is 9.85. The van der Waals surface area contributed by atoms with Crippen molar-refractivity contribution in [1.29, 1.82) is 0 Å². The Labute approximate surface area is 98.1 Å². The van der Waals surface area contributed by atoms with Crippen LogP contribution in [0.3, 0.4) is 0 Å². The Morgan fingerprint density at radius 3 is 2.82 bits per heavy atom. The van der Waals surface area contributed by atoms with Crippen LogP contribution in [-0.4, -0.2) is 22.2 Å². The van der Waals surface area contributed by atoms with Crippen LogP contribution in [0.2, 0.25) is 0 Å². The molecule has 0 aromatic carbocycles. The summed E-state index contributed by atoms with van der Waals surface area (Å²) in [6.07, 6.45) is 0.449. The number of carboxylic acid groups (broad SMARTS) is 1. The highest BCUT2D eigenvalue weighted by Crippen LogP contribution is 2.33. The van der Waals surface area contributed by atoms with E-state index in [1.807, 2.05) is 13.8 Å². The van der Waals surface area contributed by atoms with Gasteiger partial charge in [0.2, 0.25) is 0 Å². The molecule has 0 aliphatic carbocycles. The molecule has 17 heavy (non-hydrogen) atoms. The molecule has 0 spiro atoms. The molecule has 1 aromatic heterocycles. The van der Waals surface area contributed by atoms with Gasteiger partial charge in [0.25, 0.3) is 5.56 Å². The number of nitrogens with one attached hydrogen (secondary N) is 3. The van der Waals surface area contributed by atoms with E-state index in [-0.39, 0.29) is 23.6 Å². The van der Waals surface area contributed by atoms with Crippen LogP contribution < -0.4 is 16.2 Å². The fraction of sp³-hybridized carbons (Fsp3) is 0.455. The van der Waals surface area contributed by atoms with E-state index in [4.69, 9.17) is 5.11 Å². The van der Waals surface area contributed by atoms with Crippen molar-refractivity contribution in [3.63, 3.8) is 0 Å². The molecule has 1 aliphatic heterocycles. The molecule has 1 aliphatic rings. The van der Waals surface area contributed by atoms with E-state index < -0.39 is 6.09 Å². The predicted octanol–water partition coefficient (Wildman–Crippen LogP) is 1.13. The quantitative estimate of drug-likeness (QED) is 0.589. The number of fused-ring (bicyclic) bond motifs is 1. The first-order valence-corrected chi connectivity index (χ1v) is 5.48. The topological polar surface area (TPSA) is 94.2 Å². The first kappa shape index (κ1) is 11.5. The molecule has 92 valence electrons. The smallest absolute Gasteiger partial charge is 0.405 e. The van der Waals surface area contributed by atoms with Gasteiger partial charge in [-0.05, 0) is 13.0 Å². The van der Waals surface area contributed by atoms with E-state index in [9.17, 15) is 9.59 Å². The molecule has 2 heterocycles. The van der Waals surface area contributed by atoms with Gasteiger partial charge in [0.15, 0.2) is 0 Å². The SMILES string of the molecule is C[C@@H]1[C@H](C)Nc2c(cc[nH]c2=O)[C@@H]1NC(=O)O. The zero-order valence-electron chi connectivity index (χ0n) is 9.65. The lowest BCUT2D eigenvalue weighted by Crippen LogP contribution is -2.44. The molecule has 6 nitrogen and oxygen atoms in total. The zero-order valence-corrected chi connectivity index (χ0v) is 9.65. The van der Waals surface area contributed by atoms with Gasteiger partial charge in [-0.15, -0.1) is 0 Å². The van der Waals surface area contributed by atoms with Crippen molar-refractivity contribution in [2.24, 2.45) is 5.92 Å². The third-order valence-corrected chi connectivity index (χ3v) is 3.29. The molecule has 0 unspecified atom stereocenters. The first-order valence-electron chi connectivity index (χ1n) is 5.48. The van der Waals surface area contributed by atoms with Gasteiger partial charge in [0.1, 0.15) is 5.69 Å². The van der Waals surface area contributed by atoms with Crippen LogP contribution in [0, 0.1) is 5.92 Å². The number of aromatic nitrogens is 1. The second-order valence-electron chi connectivity index (χ2n) is 4.36. The highest BCUT2D eigenvalue weighted by Gasteiger charge is 2.33. The van der Waals surface area contributed by atoms with E-state index in [1.165, 1.54) is 6.20 Å². The summed E-state index contributed by atoms with van der Waals surface area (Å²) in [4.78, 5) is 25.0. The number of rotatable bonds is 1. The summed E-state index contributed by atoms with van der Waals surface area (Å²) in [5.41, 5.74) is 0.928. The second-order valence-corrected chi connectivity index (χ2v) is 4.36. The summed E-state index contributed by atoms with van der Waals surface area (Å²) in [7, 11) is 0. The average molecular weight is 237 g/mol. The maximum Gasteiger partial charge on any atom is 0.405 e.